The van der Waals surface area contributed by atoms with Crippen LogP contribution in [0, 0.1) is 6.92 Å². The van der Waals surface area contributed by atoms with Gasteiger partial charge in [-0.2, -0.15) is 10.2 Å². The Labute approximate surface area is 184 Å². The fourth-order valence-corrected chi connectivity index (χ4v) is 3.23. The summed E-state index contributed by atoms with van der Waals surface area (Å²) in [6, 6.07) is 10.4. The molecule has 31 heavy (non-hydrogen) atoms. The van der Waals surface area contributed by atoms with Crippen molar-refractivity contribution in [2.45, 2.75) is 33.5 Å². The van der Waals surface area contributed by atoms with Crippen molar-refractivity contribution < 1.29 is 13.9 Å². The molecule has 3 heterocycles. The Morgan fingerprint density at radius 1 is 1.16 bits per heavy atom. The Hall–Kier alpha value is -3.52. The minimum absolute atomic E-state index is 0.197. The van der Waals surface area contributed by atoms with Crippen LogP contribution in [0.3, 0.4) is 0 Å². The molecule has 0 bridgehead atoms. The fraction of sp³-hybridized carbons (Fsp3) is 0.227. The van der Waals surface area contributed by atoms with Crippen molar-refractivity contribution in [2.24, 2.45) is 0 Å². The first kappa shape index (κ1) is 20.7. The van der Waals surface area contributed by atoms with Gasteiger partial charge in [0.2, 0.25) is 0 Å². The number of furan rings is 1. The van der Waals surface area contributed by atoms with Gasteiger partial charge in [0.1, 0.15) is 18.1 Å². The summed E-state index contributed by atoms with van der Waals surface area (Å²) in [4.78, 5) is 12.5. The third-order valence-corrected chi connectivity index (χ3v) is 5.06. The lowest BCUT2D eigenvalue weighted by Crippen LogP contribution is -2.10. The smallest absolute Gasteiger partial charge is 0.291 e. The third-order valence-electron chi connectivity index (χ3n) is 4.81. The molecule has 0 fully saturated rings. The van der Waals surface area contributed by atoms with Crippen LogP contribution in [0.5, 0.6) is 5.75 Å². The summed E-state index contributed by atoms with van der Waals surface area (Å²) >= 11 is 5.86. The van der Waals surface area contributed by atoms with Gasteiger partial charge in [-0.15, -0.1) is 0 Å². The Morgan fingerprint density at radius 2 is 1.97 bits per heavy atom. The maximum atomic E-state index is 12.5. The normalized spacial score (nSPS) is 10.9. The van der Waals surface area contributed by atoms with Crippen molar-refractivity contribution in [2.75, 3.05) is 5.32 Å². The van der Waals surface area contributed by atoms with Gasteiger partial charge in [0.25, 0.3) is 5.91 Å². The van der Waals surface area contributed by atoms with E-state index < -0.39 is 0 Å². The predicted molar refractivity (Wildman–Crippen MR) is 116 cm³/mol. The average molecular weight is 440 g/mol. The molecule has 0 saturated heterocycles. The highest BCUT2D eigenvalue weighted by atomic mass is 35.5. The fourth-order valence-electron chi connectivity index (χ4n) is 3.10. The first-order valence-electron chi connectivity index (χ1n) is 9.84. The SMILES string of the molecule is CCn1ncc(Cn2cc(NC(=O)c3ccc(COc4ccc(Cl)cc4)o3)cn2)c1C. The van der Waals surface area contributed by atoms with E-state index in [1.54, 1.807) is 53.5 Å². The Kier molecular flexibility index (Phi) is 6.08. The first-order valence-corrected chi connectivity index (χ1v) is 10.2. The molecule has 0 aliphatic rings. The number of anilines is 1. The maximum absolute atomic E-state index is 12.5. The van der Waals surface area contributed by atoms with Crippen LogP contribution in [0.1, 0.15) is 34.5 Å². The van der Waals surface area contributed by atoms with Crippen molar-refractivity contribution >= 4 is 23.2 Å². The molecule has 1 amide bonds. The molecule has 4 aromatic rings. The number of halogens is 1. The van der Waals surface area contributed by atoms with Gasteiger partial charge in [-0.05, 0) is 50.2 Å². The highest BCUT2D eigenvalue weighted by Crippen LogP contribution is 2.18. The molecule has 160 valence electrons. The minimum atomic E-state index is -0.354. The minimum Gasteiger partial charge on any atom is -0.486 e. The van der Waals surface area contributed by atoms with E-state index in [1.807, 2.05) is 17.8 Å². The molecule has 0 aliphatic heterocycles. The number of ether oxygens (including phenoxy) is 1. The van der Waals surface area contributed by atoms with Crippen molar-refractivity contribution in [3.05, 3.63) is 82.8 Å². The molecule has 0 radical (unpaired) electrons. The molecule has 0 aliphatic carbocycles. The third kappa shape index (κ3) is 4.97. The van der Waals surface area contributed by atoms with Gasteiger partial charge in [-0.1, -0.05) is 11.6 Å². The van der Waals surface area contributed by atoms with Gasteiger partial charge >= 0.3 is 0 Å². The number of carbonyl (C=O) groups excluding carboxylic acids is 1. The predicted octanol–water partition coefficient (Wildman–Crippen LogP) is 4.53. The summed E-state index contributed by atoms with van der Waals surface area (Å²) < 4.78 is 14.9. The Balaban J connectivity index is 1.33. The highest BCUT2D eigenvalue weighted by Gasteiger charge is 2.14. The molecule has 4 rings (SSSR count). The van der Waals surface area contributed by atoms with Gasteiger partial charge in [-0.25, -0.2) is 0 Å². The van der Waals surface area contributed by atoms with Crippen LogP contribution in [0.15, 0.2) is 59.4 Å². The molecule has 0 unspecified atom stereocenters. The van der Waals surface area contributed by atoms with Gasteiger partial charge in [0, 0.05) is 29.0 Å². The summed E-state index contributed by atoms with van der Waals surface area (Å²) in [7, 11) is 0. The molecule has 0 spiro atoms. The summed E-state index contributed by atoms with van der Waals surface area (Å²) in [6.07, 6.45) is 5.22. The molecule has 0 saturated carbocycles. The summed E-state index contributed by atoms with van der Waals surface area (Å²) in [5.41, 5.74) is 2.77. The summed E-state index contributed by atoms with van der Waals surface area (Å²) in [5, 5.41) is 12.1. The number of hydrogen-bond donors (Lipinski definition) is 1. The second kappa shape index (κ2) is 9.09. The van der Waals surface area contributed by atoms with Crippen molar-refractivity contribution in [1.82, 2.24) is 19.6 Å². The van der Waals surface area contributed by atoms with E-state index in [1.165, 1.54) is 0 Å². The summed E-state index contributed by atoms with van der Waals surface area (Å²) in [6.45, 7) is 5.69. The van der Waals surface area contributed by atoms with Gasteiger partial charge in [-0.3, -0.25) is 14.2 Å². The number of amides is 1. The second-order valence-corrected chi connectivity index (χ2v) is 7.40. The number of benzene rings is 1. The topological polar surface area (TPSA) is 87.1 Å². The molecular formula is C22H22ClN5O3. The van der Waals surface area contributed by atoms with E-state index in [4.69, 9.17) is 20.8 Å². The number of carbonyl (C=O) groups is 1. The van der Waals surface area contributed by atoms with E-state index in [2.05, 4.69) is 22.4 Å². The number of aromatic nitrogens is 4. The van der Waals surface area contributed by atoms with Crippen molar-refractivity contribution in [1.29, 1.82) is 0 Å². The number of nitrogens with zero attached hydrogens (tertiary/aromatic N) is 4. The van der Waals surface area contributed by atoms with E-state index in [0.717, 1.165) is 17.8 Å². The molecule has 0 atom stereocenters. The molecule has 3 aromatic heterocycles. The molecular weight excluding hydrogens is 418 g/mol. The van der Waals surface area contributed by atoms with Crippen LogP contribution < -0.4 is 10.1 Å². The van der Waals surface area contributed by atoms with Crippen LogP contribution in [-0.4, -0.2) is 25.5 Å². The first-order chi connectivity index (χ1) is 15.0. The number of nitrogens with one attached hydrogen (secondary N) is 1. The zero-order valence-corrected chi connectivity index (χ0v) is 18.0. The van der Waals surface area contributed by atoms with Crippen LogP contribution in [0.25, 0.3) is 0 Å². The van der Waals surface area contributed by atoms with Crippen LogP contribution in [0.2, 0.25) is 5.02 Å². The average Bonchev–Trinajstić information content (AvgIpc) is 3.49. The van der Waals surface area contributed by atoms with Crippen molar-refractivity contribution in [3.63, 3.8) is 0 Å². The van der Waals surface area contributed by atoms with E-state index in [9.17, 15) is 4.79 Å². The van der Waals surface area contributed by atoms with Crippen LogP contribution in [0.4, 0.5) is 5.69 Å². The number of hydrogen-bond acceptors (Lipinski definition) is 5. The molecule has 9 heteroatoms. The lowest BCUT2D eigenvalue weighted by molar-refractivity contribution is 0.0992. The zero-order valence-electron chi connectivity index (χ0n) is 17.2. The van der Waals surface area contributed by atoms with Crippen molar-refractivity contribution in [3.8, 4) is 5.75 Å². The quantitative estimate of drug-likeness (QED) is 0.435. The zero-order chi connectivity index (χ0) is 21.8. The van der Waals surface area contributed by atoms with E-state index in [-0.39, 0.29) is 18.3 Å². The highest BCUT2D eigenvalue weighted by molar-refractivity contribution is 6.30. The standard InChI is InChI=1S/C22H22ClN5O3/c1-3-28-15(2)16(10-25-28)12-27-13-18(11-24-27)26-22(29)21-9-8-20(31-21)14-30-19-6-4-17(23)5-7-19/h4-11,13H,3,12,14H2,1-2H3,(H,26,29). The van der Waals surface area contributed by atoms with Gasteiger partial charge in [0.15, 0.2) is 5.76 Å². The lowest BCUT2D eigenvalue weighted by Gasteiger charge is -2.04. The lowest BCUT2D eigenvalue weighted by atomic mass is 10.2. The van der Waals surface area contributed by atoms with Gasteiger partial charge in [0.05, 0.1) is 24.6 Å². The van der Waals surface area contributed by atoms with E-state index in [0.29, 0.717) is 28.8 Å². The maximum Gasteiger partial charge on any atom is 0.291 e. The Bertz CT molecular complexity index is 1180. The van der Waals surface area contributed by atoms with Crippen LogP contribution in [-0.2, 0) is 19.7 Å². The van der Waals surface area contributed by atoms with E-state index >= 15 is 0 Å². The monoisotopic (exact) mass is 439 g/mol. The van der Waals surface area contributed by atoms with Gasteiger partial charge < -0.3 is 14.5 Å². The molecule has 1 N–H and O–H groups in total. The van der Waals surface area contributed by atoms with Crippen LogP contribution >= 0.6 is 11.6 Å². The second-order valence-electron chi connectivity index (χ2n) is 6.96. The molecule has 1 aromatic carbocycles. The number of aryl methyl sites for hydroxylation is 1. The molecule has 8 nitrogen and oxygen atoms in total. The largest absolute Gasteiger partial charge is 0.486 e. The summed E-state index contributed by atoms with van der Waals surface area (Å²) in [5.74, 6) is 1.05. The number of rotatable bonds is 8. The Morgan fingerprint density at radius 3 is 2.71 bits per heavy atom.